The van der Waals surface area contributed by atoms with Gasteiger partial charge in [0.1, 0.15) is 0 Å². The van der Waals surface area contributed by atoms with Crippen LogP contribution in [0.15, 0.2) is 51.5 Å². The van der Waals surface area contributed by atoms with Crippen LogP contribution in [0.5, 0.6) is 0 Å². The molecule has 0 saturated heterocycles. The van der Waals surface area contributed by atoms with E-state index in [0.29, 0.717) is 17.4 Å². The van der Waals surface area contributed by atoms with Crippen molar-refractivity contribution in [3.05, 3.63) is 52.5 Å². The zero-order valence-corrected chi connectivity index (χ0v) is 12.4. The fourth-order valence-corrected chi connectivity index (χ4v) is 2.20. The van der Waals surface area contributed by atoms with Crippen LogP contribution in [-0.2, 0) is 0 Å². The molecule has 0 unspecified atom stereocenters. The molecule has 0 aliphatic heterocycles. The molecular formula is C15H12BrN3O. The van der Waals surface area contributed by atoms with Gasteiger partial charge in [0.05, 0.1) is 0 Å². The molecule has 0 saturated carbocycles. The van der Waals surface area contributed by atoms with E-state index in [9.17, 15) is 0 Å². The maximum absolute atomic E-state index is 5.76. The van der Waals surface area contributed by atoms with Crippen molar-refractivity contribution >= 4 is 21.6 Å². The molecule has 1 heterocycles. The van der Waals surface area contributed by atoms with Gasteiger partial charge in [-0.3, -0.25) is 0 Å². The molecule has 5 heteroatoms. The van der Waals surface area contributed by atoms with Crippen molar-refractivity contribution in [2.45, 2.75) is 6.92 Å². The van der Waals surface area contributed by atoms with Crippen molar-refractivity contribution in [3.63, 3.8) is 0 Å². The minimum absolute atomic E-state index is 0.473. The molecule has 100 valence electrons. The smallest absolute Gasteiger partial charge is 0.258 e. The Balaban J connectivity index is 1.97. The zero-order chi connectivity index (χ0) is 14.1. The molecule has 0 aliphatic carbocycles. The fraction of sp³-hybridized carbons (Fsp3) is 0.0667. The van der Waals surface area contributed by atoms with Crippen LogP contribution < -0.4 is 5.73 Å². The van der Waals surface area contributed by atoms with Gasteiger partial charge in [-0.2, -0.15) is 4.98 Å². The first kappa shape index (κ1) is 12.9. The van der Waals surface area contributed by atoms with Crippen molar-refractivity contribution < 1.29 is 4.52 Å². The summed E-state index contributed by atoms with van der Waals surface area (Å²) < 4.78 is 6.12. The van der Waals surface area contributed by atoms with E-state index in [0.717, 1.165) is 15.6 Å². The number of halogens is 1. The van der Waals surface area contributed by atoms with E-state index in [2.05, 4.69) is 26.1 Å². The first-order chi connectivity index (χ1) is 9.63. The number of nitrogens with zero attached hydrogens (tertiary/aromatic N) is 2. The van der Waals surface area contributed by atoms with E-state index >= 15 is 0 Å². The number of nitrogen functional groups attached to an aromatic ring is 1. The van der Waals surface area contributed by atoms with Gasteiger partial charge in [0.2, 0.25) is 5.82 Å². The number of hydrogen-bond acceptors (Lipinski definition) is 4. The Morgan fingerprint density at radius 2 is 1.75 bits per heavy atom. The maximum Gasteiger partial charge on any atom is 0.258 e. The van der Waals surface area contributed by atoms with Crippen LogP contribution in [0.4, 0.5) is 5.69 Å². The van der Waals surface area contributed by atoms with Gasteiger partial charge in [0.15, 0.2) is 0 Å². The Labute approximate surface area is 124 Å². The first-order valence-corrected chi connectivity index (χ1v) is 6.89. The summed E-state index contributed by atoms with van der Waals surface area (Å²) in [6.45, 7) is 2.04. The molecule has 1 aromatic heterocycles. The number of benzene rings is 2. The highest BCUT2D eigenvalue weighted by Gasteiger charge is 2.11. The Hall–Kier alpha value is -2.14. The number of anilines is 1. The van der Waals surface area contributed by atoms with Gasteiger partial charge in [-0.25, -0.2) is 0 Å². The first-order valence-electron chi connectivity index (χ1n) is 6.09. The van der Waals surface area contributed by atoms with E-state index < -0.39 is 0 Å². The quantitative estimate of drug-likeness (QED) is 0.720. The normalized spacial score (nSPS) is 10.7. The van der Waals surface area contributed by atoms with Crippen LogP contribution in [0.2, 0.25) is 0 Å². The van der Waals surface area contributed by atoms with Crippen LogP contribution in [0, 0.1) is 6.92 Å². The lowest BCUT2D eigenvalue weighted by atomic mass is 10.1. The average Bonchev–Trinajstić information content (AvgIpc) is 2.92. The van der Waals surface area contributed by atoms with Gasteiger partial charge in [0.25, 0.3) is 5.89 Å². The molecule has 3 aromatic rings. The summed E-state index contributed by atoms with van der Waals surface area (Å²) in [5.41, 5.74) is 9.39. The monoisotopic (exact) mass is 329 g/mol. The van der Waals surface area contributed by atoms with Gasteiger partial charge < -0.3 is 10.3 Å². The van der Waals surface area contributed by atoms with E-state index in [1.807, 2.05) is 43.3 Å². The molecule has 4 nitrogen and oxygen atoms in total. The number of aromatic nitrogens is 2. The third-order valence-corrected chi connectivity index (χ3v) is 3.67. The Morgan fingerprint density at radius 1 is 1.05 bits per heavy atom. The molecule has 0 bridgehead atoms. The van der Waals surface area contributed by atoms with Crippen LogP contribution in [0.1, 0.15) is 5.56 Å². The molecule has 0 aliphatic rings. The second-order valence-electron chi connectivity index (χ2n) is 4.53. The van der Waals surface area contributed by atoms with Crippen molar-refractivity contribution in [2.75, 3.05) is 5.73 Å². The van der Waals surface area contributed by atoms with E-state index in [-0.39, 0.29) is 0 Å². The second kappa shape index (κ2) is 5.09. The summed E-state index contributed by atoms with van der Waals surface area (Å²) in [6, 6.07) is 13.5. The largest absolute Gasteiger partial charge is 0.398 e. The fourth-order valence-electron chi connectivity index (χ4n) is 1.82. The molecule has 0 amide bonds. The van der Waals surface area contributed by atoms with Gasteiger partial charge in [0, 0.05) is 21.3 Å². The van der Waals surface area contributed by atoms with Crippen LogP contribution in [-0.4, -0.2) is 10.1 Å². The molecule has 0 fully saturated rings. The highest BCUT2D eigenvalue weighted by Crippen LogP contribution is 2.27. The standard InChI is InChI=1S/C15H12BrN3O/c1-9-2-4-10(5-3-9)14-18-15(20-19-14)11-6-7-13(17)12(16)8-11/h2-8H,17H2,1H3. The second-order valence-corrected chi connectivity index (χ2v) is 5.38. The van der Waals surface area contributed by atoms with Crippen molar-refractivity contribution in [1.82, 2.24) is 10.1 Å². The molecule has 2 N–H and O–H groups in total. The summed E-state index contributed by atoms with van der Waals surface area (Å²) in [6.07, 6.45) is 0. The van der Waals surface area contributed by atoms with Crippen LogP contribution >= 0.6 is 15.9 Å². The van der Waals surface area contributed by atoms with Crippen molar-refractivity contribution in [3.8, 4) is 22.8 Å². The topological polar surface area (TPSA) is 64.9 Å². The van der Waals surface area contributed by atoms with Crippen molar-refractivity contribution in [2.24, 2.45) is 0 Å². The van der Waals surface area contributed by atoms with Gasteiger partial charge in [-0.1, -0.05) is 35.0 Å². The zero-order valence-electron chi connectivity index (χ0n) is 10.8. The molecule has 0 radical (unpaired) electrons. The minimum Gasteiger partial charge on any atom is -0.398 e. The third-order valence-electron chi connectivity index (χ3n) is 2.98. The van der Waals surface area contributed by atoms with Crippen LogP contribution in [0.3, 0.4) is 0 Å². The summed E-state index contributed by atoms with van der Waals surface area (Å²) in [5, 5.41) is 4.01. The molecule has 3 rings (SSSR count). The highest BCUT2D eigenvalue weighted by molar-refractivity contribution is 9.10. The summed E-state index contributed by atoms with van der Waals surface area (Å²) in [5.74, 6) is 1.05. The molecule has 2 aromatic carbocycles. The molecular weight excluding hydrogens is 318 g/mol. The van der Waals surface area contributed by atoms with E-state index in [1.54, 1.807) is 6.07 Å². The molecule has 0 spiro atoms. The van der Waals surface area contributed by atoms with E-state index in [1.165, 1.54) is 5.56 Å². The van der Waals surface area contributed by atoms with E-state index in [4.69, 9.17) is 10.3 Å². The number of hydrogen-bond donors (Lipinski definition) is 1. The summed E-state index contributed by atoms with van der Waals surface area (Å²) in [4.78, 5) is 4.41. The lowest BCUT2D eigenvalue weighted by Gasteiger charge is -1.99. The SMILES string of the molecule is Cc1ccc(-c2noc(-c3ccc(N)c(Br)c3)n2)cc1. The predicted molar refractivity (Wildman–Crippen MR) is 82.0 cm³/mol. The van der Waals surface area contributed by atoms with Crippen LogP contribution in [0.25, 0.3) is 22.8 Å². The highest BCUT2D eigenvalue weighted by atomic mass is 79.9. The minimum atomic E-state index is 0.473. The summed E-state index contributed by atoms with van der Waals surface area (Å²) >= 11 is 3.39. The lowest BCUT2D eigenvalue weighted by Crippen LogP contribution is -1.87. The predicted octanol–water partition coefficient (Wildman–Crippen LogP) is 4.06. The Kier molecular flexibility index (Phi) is 3.28. The Morgan fingerprint density at radius 3 is 2.45 bits per heavy atom. The number of aryl methyl sites for hydroxylation is 1. The number of nitrogens with two attached hydrogens (primary N) is 1. The van der Waals surface area contributed by atoms with Crippen molar-refractivity contribution in [1.29, 1.82) is 0 Å². The van der Waals surface area contributed by atoms with Gasteiger partial charge in [-0.15, -0.1) is 0 Å². The summed E-state index contributed by atoms with van der Waals surface area (Å²) in [7, 11) is 0. The molecule has 0 atom stereocenters. The Bertz CT molecular complexity index is 750. The molecule has 20 heavy (non-hydrogen) atoms. The maximum atomic E-state index is 5.76. The third kappa shape index (κ3) is 2.44. The van der Waals surface area contributed by atoms with Gasteiger partial charge >= 0.3 is 0 Å². The number of rotatable bonds is 2. The van der Waals surface area contributed by atoms with Gasteiger partial charge in [-0.05, 0) is 41.1 Å². The lowest BCUT2D eigenvalue weighted by molar-refractivity contribution is 0.432. The average molecular weight is 330 g/mol.